The summed E-state index contributed by atoms with van der Waals surface area (Å²) in [4.78, 5) is 0. The molecule has 0 aliphatic rings. The highest BCUT2D eigenvalue weighted by Crippen LogP contribution is 1.97. The van der Waals surface area contributed by atoms with Crippen LogP contribution in [0.4, 0.5) is 0 Å². The molecule has 0 fully saturated rings. The van der Waals surface area contributed by atoms with Gasteiger partial charge in [0.25, 0.3) is 0 Å². The summed E-state index contributed by atoms with van der Waals surface area (Å²) in [5.41, 5.74) is 2.25. The molecule has 0 saturated carbocycles. The van der Waals surface area contributed by atoms with E-state index >= 15 is 0 Å². The topological polar surface area (TPSA) is 0 Å². The first-order chi connectivity index (χ1) is 7.25. The van der Waals surface area contributed by atoms with Crippen molar-refractivity contribution in [2.75, 3.05) is 0 Å². The first-order valence-corrected chi connectivity index (χ1v) is 5.93. The van der Waals surface area contributed by atoms with Gasteiger partial charge in [-0.15, -0.1) is 0 Å². The molecule has 17 heavy (non-hydrogen) atoms. The van der Waals surface area contributed by atoms with Crippen LogP contribution in [0.1, 0.15) is 41.5 Å². The van der Waals surface area contributed by atoms with Gasteiger partial charge in [0.05, 0.1) is 8.41 Å². The van der Waals surface area contributed by atoms with Crippen molar-refractivity contribution in [2.24, 2.45) is 11.8 Å². The van der Waals surface area contributed by atoms with E-state index in [1.165, 1.54) is 0 Å². The Labute approximate surface area is 111 Å². The van der Waals surface area contributed by atoms with Crippen LogP contribution in [0.3, 0.4) is 0 Å². The third-order valence-electron chi connectivity index (χ3n) is 1.53. The molecule has 0 aliphatic carbocycles. The molecule has 0 aliphatic heterocycles. The lowest BCUT2D eigenvalue weighted by molar-refractivity contribution is 0.831. The SMILES string of the molecule is B.C=C(C)C=CC(C)C.C=C(C)C=CC(C)C. The van der Waals surface area contributed by atoms with E-state index in [1.807, 2.05) is 26.0 Å². The molecule has 0 bridgehead atoms. The van der Waals surface area contributed by atoms with Gasteiger partial charge in [0.1, 0.15) is 0 Å². The monoisotopic (exact) mass is 234 g/mol. The molecule has 98 valence electrons. The van der Waals surface area contributed by atoms with Gasteiger partial charge in [-0.3, -0.25) is 0 Å². The van der Waals surface area contributed by atoms with Crippen LogP contribution in [-0.4, -0.2) is 8.41 Å². The van der Waals surface area contributed by atoms with Crippen molar-refractivity contribution in [3.63, 3.8) is 0 Å². The van der Waals surface area contributed by atoms with Crippen LogP contribution in [0.2, 0.25) is 0 Å². The van der Waals surface area contributed by atoms with E-state index < -0.39 is 0 Å². The first-order valence-electron chi connectivity index (χ1n) is 5.93. The molecule has 0 aromatic heterocycles. The van der Waals surface area contributed by atoms with Crippen LogP contribution in [-0.2, 0) is 0 Å². The lowest BCUT2D eigenvalue weighted by Gasteiger charge is -1.91. The van der Waals surface area contributed by atoms with Crippen molar-refractivity contribution in [3.05, 3.63) is 48.6 Å². The van der Waals surface area contributed by atoms with E-state index in [-0.39, 0.29) is 8.41 Å². The largest absolute Gasteiger partial charge is 0.0961 e. The van der Waals surface area contributed by atoms with Crippen LogP contribution in [0.5, 0.6) is 0 Å². The number of allylic oxidation sites excluding steroid dienone is 6. The van der Waals surface area contributed by atoms with E-state index in [0.717, 1.165) is 11.1 Å². The Balaban J connectivity index is -0.000000218. The quantitative estimate of drug-likeness (QED) is 0.500. The average molecular weight is 234 g/mol. The second-order valence-electron chi connectivity index (χ2n) is 4.90. The Hall–Kier alpha value is -0.975. The molecule has 1 heteroatoms. The maximum absolute atomic E-state index is 3.74. The Bertz CT molecular complexity index is 227. The fourth-order valence-electron chi connectivity index (χ4n) is 0.713. The van der Waals surface area contributed by atoms with Crippen LogP contribution >= 0.6 is 0 Å². The molecule has 0 atom stereocenters. The molecule has 0 aromatic rings. The van der Waals surface area contributed by atoms with Crippen molar-refractivity contribution in [1.82, 2.24) is 0 Å². The fraction of sp³-hybridized carbons (Fsp3) is 0.500. The average Bonchev–Trinajstić information content (AvgIpc) is 2.12. The minimum absolute atomic E-state index is 0. The second kappa shape index (κ2) is 13.1. The van der Waals surface area contributed by atoms with Crippen LogP contribution in [0.25, 0.3) is 0 Å². The van der Waals surface area contributed by atoms with Crippen molar-refractivity contribution in [2.45, 2.75) is 41.5 Å². The molecule has 0 saturated heterocycles. The number of hydrogen-bond donors (Lipinski definition) is 0. The smallest absolute Gasteiger partial charge is 0.0814 e. The van der Waals surface area contributed by atoms with Crippen molar-refractivity contribution in [3.8, 4) is 0 Å². The zero-order valence-corrected chi connectivity index (χ0v) is 11.9. The number of rotatable bonds is 4. The summed E-state index contributed by atoms with van der Waals surface area (Å²) in [6, 6.07) is 0. The zero-order chi connectivity index (χ0) is 13.1. The van der Waals surface area contributed by atoms with Gasteiger partial charge in [-0.25, -0.2) is 0 Å². The lowest BCUT2D eigenvalue weighted by atomic mass is 10.2. The predicted octanol–water partition coefficient (Wildman–Crippen LogP) is 4.37. The van der Waals surface area contributed by atoms with Gasteiger partial charge in [-0.1, -0.05) is 76.3 Å². The minimum atomic E-state index is 0. The van der Waals surface area contributed by atoms with Crippen molar-refractivity contribution >= 4 is 8.41 Å². The molecule has 0 spiro atoms. The Morgan fingerprint density at radius 1 is 0.765 bits per heavy atom. The molecule has 0 radical (unpaired) electrons. The molecular formula is C16H31B. The molecule has 0 amide bonds. The standard InChI is InChI=1S/2C8H14.BH3/c2*1-7(2)5-6-8(3)4;/h2*5-6,8H,1H2,2-4H3;1H3. The summed E-state index contributed by atoms with van der Waals surface area (Å²) < 4.78 is 0. The van der Waals surface area contributed by atoms with Crippen molar-refractivity contribution < 1.29 is 0 Å². The van der Waals surface area contributed by atoms with Crippen LogP contribution < -0.4 is 0 Å². The first kappa shape index (κ1) is 21.3. The summed E-state index contributed by atoms with van der Waals surface area (Å²) in [6.45, 7) is 20.1. The minimum Gasteiger partial charge on any atom is -0.0961 e. The normalized spacial score (nSPS) is 10.4. The van der Waals surface area contributed by atoms with Crippen LogP contribution in [0.15, 0.2) is 48.6 Å². The molecule has 0 rings (SSSR count). The maximum atomic E-state index is 3.74. The molecule has 0 N–H and O–H groups in total. The van der Waals surface area contributed by atoms with Gasteiger partial charge >= 0.3 is 0 Å². The van der Waals surface area contributed by atoms with Crippen LogP contribution in [0, 0.1) is 11.8 Å². The summed E-state index contributed by atoms with van der Waals surface area (Å²) in [5.74, 6) is 1.29. The fourth-order valence-corrected chi connectivity index (χ4v) is 0.713. The van der Waals surface area contributed by atoms with Gasteiger partial charge in [-0.2, -0.15) is 0 Å². The zero-order valence-electron chi connectivity index (χ0n) is 11.9. The third-order valence-corrected chi connectivity index (χ3v) is 1.53. The van der Waals surface area contributed by atoms with Gasteiger partial charge in [0.2, 0.25) is 0 Å². The summed E-state index contributed by atoms with van der Waals surface area (Å²) in [5, 5.41) is 0. The Morgan fingerprint density at radius 3 is 1.06 bits per heavy atom. The van der Waals surface area contributed by atoms with E-state index in [9.17, 15) is 0 Å². The number of hydrogen-bond acceptors (Lipinski definition) is 0. The van der Waals surface area contributed by atoms with Crippen molar-refractivity contribution in [1.29, 1.82) is 0 Å². The second-order valence-corrected chi connectivity index (χ2v) is 4.90. The molecule has 0 unspecified atom stereocenters. The third kappa shape index (κ3) is 31.3. The highest BCUT2D eigenvalue weighted by molar-refractivity contribution is 5.75. The molecule has 0 nitrogen and oxygen atoms in total. The van der Waals surface area contributed by atoms with E-state index in [2.05, 4.69) is 53.0 Å². The Morgan fingerprint density at radius 2 is 1.00 bits per heavy atom. The maximum Gasteiger partial charge on any atom is 0.0814 e. The lowest BCUT2D eigenvalue weighted by Crippen LogP contribution is -1.76. The van der Waals surface area contributed by atoms with Gasteiger partial charge in [-0.05, 0) is 25.7 Å². The highest BCUT2D eigenvalue weighted by atomic mass is 13.9. The highest BCUT2D eigenvalue weighted by Gasteiger charge is 1.81. The van der Waals surface area contributed by atoms with Gasteiger partial charge in [0, 0.05) is 0 Å². The summed E-state index contributed by atoms with van der Waals surface area (Å²) >= 11 is 0. The predicted molar refractivity (Wildman–Crippen MR) is 87.5 cm³/mol. The van der Waals surface area contributed by atoms with E-state index in [1.54, 1.807) is 0 Å². The molecule has 0 heterocycles. The molecule has 0 aromatic carbocycles. The van der Waals surface area contributed by atoms with E-state index in [4.69, 9.17) is 0 Å². The summed E-state index contributed by atoms with van der Waals surface area (Å²) in [6.07, 6.45) is 8.38. The Kier molecular flexibility index (Phi) is 16.4. The van der Waals surface area contributed by atoms with Gasteiger partial charge in [0.15, 0.2) is 0 Å². The molecular weight excluding hydrogens is 203 g/mol. The van der Waals surface area contributed by atoms with E-state index in [0.29, 0.717) is 11.8 Å². The van der Waals surface area contributed by atoms with Gasteiger partial charge < -0.3 is 0 Å². The summed E-state index contributed by atoms with van der Waals surface area (Å²) in [7, 11) is 0.